The second-order valence-corrected chi connectivity index (χ2v) is 5.43. The molecule has 24 heavy (non-hydrogen) atoms. The molecule has 2 aromatic rings. The molecule has 0 bridgehead atoms. The molecule has 1 aliphatic rings. The summed E-state index contributed by atoms with van der Waals surface area (Å²) in [6, 6.07) is 12.0. The van der Waals surface area contributed by atoms with Gasteiger partial charge in [0.2, 0.25) is 0 Å². The number of esters is 1. The van der Waals surface area contributed by atoms with Crippen LogP contribution >= 0.6 is 0 Å². The van der Waals surface area contributed by atoms with Crippen molar-refractivity contribution in [2.75, 3.05) is 6.54 Å². The fraction of sp³-hybridized carbons (Fsp3) is 0.167. The number of nitrogens with zero attached hydrogens (tertiary/aromatic N) is 1. The predicted octanol–water partition coefficient (Wildman–Crippen LogP) is 2.73. The molecule has 0 aromatic heterocycles. The first-order valence-electron chi connectivity index (χ1n) is 7.37. The fourth-order valence-electron chi connectivity index (χ4n) is 2.55. The molecule has 1 heterocycles. The van der Waals surface area contributed by atoms with Crippen LogP contribution in [0.5, 0.6) is 0 Å². The van der Waals surface area contributed by atoms with Crippen LogP contribution in [-0.2, 0) is 9.53 Å². The Morgan fingerprint density at radius 3 is 2.12 bits per heavy atom. The number of halogens is 1. The Bertz CT molecular complexity index is 781. The van der Waals surface area contributed by atoms with E-state index >= 15 is 0 Å². The van der Waals surface area contributed by atoms with Gasteiger partial charge in [-0.2, -0.15) is 0 Å². The van der Waals surface area contributed by atoms with Crippen LogP contribution in [-0.4, -0.2) is 29.2 Å². The van der Waals surface area contributed by atoms with Crippen LogP contribution in [0.2, 0.25) is 0 Å². The van der Waals surface area contributed by atoms with Crippen molar-refractivity contribution in [3.8, 4) is 0 Å². The topological polar surface area (TPSA) is 63.7 Å². The third-order valence-corrected chi connectivity index (χ3v) is 3.81. The lowest BCUT2D eigenvalue weighted by Crippen LogP contribution is -2.36. The standard InChI is InChI=1S/C18H14FNO4/c1-11(12-6-8-13(19)9-7-12)24-16(21)10-20-17(22)14-4-2-3-5-15(14)18(20)23/h2-9,11H,10H2,1H3/t11-/m0/s1. The van der Waals surface area contributed by atoms with Gasteiger partial charge in [0.15, 0.2) is 0 Å². The number of fused-ring (bicyclic) bond motifs is 1. The minimum atomic E-state index is -0.707. The van der Waals surface area contributed by atoms with Crippen molar-refractivity contribution in [2.24, 2.45) is 0 Å². The Kier molecular flexibility index (Phi) is 4.12. The summed E-state index contributed by atoms with van der Waals surface area (Å²) in [5.74, 6) is -2.12. The lowest BCUT2D eigenvalue weighted by atomic mass is 10.1. The van der Waals surface area contributed by atoms with Crippen LogP contribution in [0.4, 0.5) is 4.39 Å². The molecule has 5 nitrogen and oxygen atoms in total. The highest BCUT2D eigenvalue weighted by molar-refractivity contribution is 6.22. The van der Waals surface area contributed by atoms with Gasteiger partial charge < -0.3 is 4.74 Å². The van der Waals surface area contributed by atoms with Gasteiger partial charge >= 0.3 is 5.97 Å². The minimum absolute atomic E-state index is 0.280. The van der Waals surface area contributed by atoms with E-state index in [-0.39, 0.29) is 16.9 Å². The van der Waals surface area contributed by atoms with Crippen molar-refractivity contribution in [1.29, 1.82) is 0 Å². The summed E-state index contributed by atoms with van der Waals surface area (Å²) in [6.07, 6.45) is -0.617. The molecule has 0 fully saturated rings. The van der Waals surface area contributed by atoms with Crippen molar-refractivity contribution in [2.45, 2.75) is 13.0 Å². The number of rotatable bonds is 4. The van der Waals surface area contributed by atoms with Crippen molar-refractivity contribution >= 4 is 17.8 Å². The maximum Gasteiger partial charge on any atom is 0.326 e. The highest BCUT2D eigenvalue weighted by Gasteiger charge is 2.36. The summed E-state index contributed by atoms with van der Waals surface area (Å²) in [5, 5.41) is 0. The Morgan fingerprint density at radius 2 is 1.58 bits per heavy atom. The molecular formula is C18H14FNO4. The highest BCUT2D eigenvalue weighted by atomic mass is 19.1. The van der Waals surface area contributed by atoms with Crippen LogP contribution in [0.15, 0.2) is 48.5 Å². The lowest BCUT2D eigenvalue weighted by Gasteiger charge is -2.17. The Balaban J connectivity index is 1.66. The van der Waals surface area contributed by atoms with Gasteiger partial charge in [0.05, 0.1) is 11.1 Å². The quantitative estimate of drug-likeness (QED) is 0.640. The summed E-state index contributed by atoms with van der Waals surface area (Å²) in [7, 11) is 0. The first-order valence-corrected chi connectivity index (χ1v) is 7.37. The van der Waals surface area contributed by atoms with Crippen LogP contribution in [0.3, 0.4) is 0 Å². The van der Waals surface area contributed by atoms with E-state index in [1.807, 2.05) is 0 Å². The van der Waals surface area contributed by atoms with E-state index in [1.54, 1.807) is 31.2 Å². The molecule has 0 aliphatic carbocycles. The molecule has 0 radical (unpaired) electrons. The number of carbonyl (C=O) groups is 3. The first kappa shape index (κ1) is 15.9. The van der Waals surface area contributed by atoms with Crippen LogP contribution in [0, 0.1) is 5.82 Å². The molecule has 0 unspecified atom stereocenters. The van der Waals surface area contributed by atoms with E-state index in [9.17, 15) is 18.8 Å². The zero-order chi connectivity index (χ0) is 17.3. The molecule has 6 heteroatoms. The van der Waals surface area contributed by atoms with E-state index in [1.165, 1.54) is 24.3 Å². The normalized spacial score (nSPS) is 14.5. The van der Waals surface area contributed by atoms with Crippen molar-refractivity contribution in [3.05, 3.63) is 71.0 Å². The Labute approximate surface area is 137 Å². The van der Waals surface area contributed by atoms with Crippen molar-refractivity contribution in [3.63, 3.8) is 0 Å². The molecule has 2 aromatic carbocycles. The second-order valence-electron chi connectivity index (χ2n) is 5.43. The molecular weight excluding hydrogens is 313 g/mol. The van der Waals surface area contributed by atoms with Gasteiger partial charge in [0.25, 0.3) is 11.8 Å². The fourth-order valence-corrected chi connectivity index (χ4v) is 2.55. The van der Waals surface area contributed by atoms with Crippen LogP contribution in [0.25, 0.3) is 0 Å². The van der Waals surface area contributed by atoms with Crippen LogP contribution in [0.1, 0.15) is 39.3 Å². The molecule has 0 saturated carbocycles. The van der Waals surface area contributed by atoms with Gasteiger partial charge in [0, 0.05) is 0 Å². The number of imide groups is 1. The number of ether oxygens (including phenoxy) is 1. The van der Waals surface area contributed by atoms with Gasteiger partial charge in [-0.1, -0.05) is 24.3 Å². The van der Waals surface area contributed by atoms with Gasteiger partial charge in [-0.3, -0.25) is 19.3 Å². The van der Waals surface area contributed by atoms with Gasteiger partial charge in [-0.25, -0.2) is 4.39 Å². The van der Waals surface area contributed by atoms with E-state index in [0.717, 1.165) is 4.90 Å². The molecule has 122 valence electrons. The third kappa shape index (κ3) is 2.90. The van der Waals surface area contributed by atoms with Gasteiger partial charge in [-0.05, 0) is 36.8 Å². The number of hydrogen-bond acceptors (Lipinski definition) is 4. The Hall–Kier alpha value is -3.02. The smallest absolute Gasteiger partial charge is 0.326 e. The molecule has 0 saturated heterocycles. The van der Waals surface area contributed by atoms with Crippen molar-refractivity contribution in [1.82, 2.24) is 4.90 Å². The van der Waals surface area contributed by atoms with E-state index in [4.69, 9.17) is 4.74 Å². The maximum absolute atomic E-state index is 12.9. The number of amides is 2. The van der Waals surface area contributed by atoms with Crippen molar-refractivity contribution < 1.29 is 23.5 Å². The van der Waals surface area contributed by atoms with Crippen LogP contribution < -0.4 is 0 Å². The summed E-state index contributed by atoms with van der Waals surface area (Å²) in [4.78, 5) is 37.3. The SMILES string of the molecule is C[C@H](OC(=O)CN1C(=O)c2ccccc2C1=O)c1ccc(F)cc1. The predicted molar refractivity (Wildman–Crippen MR) is 82.7 cm³/mol. The minimum Gasteiger partial charge on any atom is -0.456 e. The van der Waals surface area contributed by atoms with E-state index < -0.39 is 30.4 Å². The number of hydrogen-bond donors (Lipinski definition) is 0. The zero-order valence-electron chi connectivity index (χ0n) is 12.9. The molecule has 0 N–H and O–H groups in total. The first-order chi connectivity index (χ1) is 11.5. The lowest BCUT2D eigenvalue weighted by molar-refractivity contribution is -0.148. The average molecular weight is 327 g/mol. The summed E-state index contributed by atoms with van der Waals surface area (Å²) >= 11 is 0. The molecule has 3 rings (SSSR count). The number of benzene rings is 2. The monoisotopic (exact) mass is 327 g/mol. The zero-order valence-corrected chi connectivity index (χ0v) is 12.9. The number of carbonyl (C=O) groups excluding carboxylic acids is 3. The van der Waals surface area contributed by atoms with E-state index in [2.05, 4.69) is 0 Å². The molecule has 1 aliphatic heterocycles. The third-order valence-electron chi connectivity index (χ3n) is 3.81. The molecule has 0 spiro atoms. The Morgan fingerprint density at radius 1 is 1.04 bits per heavy atom. The van der Waals surface area contributed by atoms with Gasteiger partial charge in [-0.15, -0.1) is 0 Å². The largest absolute Gasteiger partial charge is 0.456 e. The molecule has 1 atom stereocenters. The van der Waals surface area contributed by atoms with Gasteiger partial charge in [0.1, 0.15) is 18.5 Å². The van der Waals surface area contributed by atoms with E-state index in [0.29, 0.717) is 5.56 Å². The summed E-state index contributed by atoms with van der Waals surface area (Å²) in [6.45, 7) is 1.17. The molecule has 2 amide bonds. The average Bonchev–Trinajstić information content (AvgIpc) is 2.81. The highest BCUT2D eigenvalue weighted by Crippen LogP contribution is 2.23. The summed E-state index contributed by atoms with van der Waals surface area (Å²) < 4.78 is 18.1. The summed E-state index contributed by atoms with van der Waals surface area (Å²) in [5.41, 5.74) is 1.18. The maximum atomic E-state index is 12.9. The second kappa shape index (κ2) is 6.23.